The van der Waals surface area contributed by atoms with Gasteiger partial charge < -0.3 is 35.4 Å². The predicted octanol–water partition coefficient (Wildman–Crippen LogP) is -0.0362. The third kappa shape index (κ3) is 10.2. The Morgan fingerprint density at radius 3 is 1.49 bits per heavy atom. The molecule has 2 N–H and O–H groups in total. The molecule has 4 nitrogen and oxygen atoms in total. The van der Waals surface area contributed by atoms with Gasteiger partial charge in [-0.15, -0.1) is 0 Å². The molecule has 0 atom stereocenters. The molecule has 2 aromatic carbocycles. The van der Waals surface area contributed by atoms with Crippen molar-refractivity contribution in [3.05, 3.63) is 87.7 Å². The van der Waals surface area contributed by atoms with Crippen LogP contribution >= 0.6 is 0 Å². The molecule has 0 aliphatic rings. The number of pyridine rings is 1. The van der Waals surface area contributed by atoms with E-state index in [1.165, 1.54) is 44.8 Å². The molecule has 195 valence electrons. The van der Waals surface area contributed by atoms with E-state index in [-0.39, 0.29) is 47.2 Å². The molecule has 0 saturated carbocycles. The van der Waals surface area contributed by atoms with E-state index in [9.17, 15) is 0 Å². The molecule has 0 aliphatic carbocycles. The molecule has 0 unspecified atom stereocenters. The molecule has 3 aromatic rings. The van der Waals surface area contributed by atoms with E-state index in [0.717, 1.165) is 38.4 Å². The van der Waals surface area contributed by atoms with E-state index >= 15 is 0 Å². The minimum absolute atomic E-state index is 0. The van der Waals surface area contributed by atoms with Crippen LogP contribution in [0.15, 0.2) is 48.7 Å². The fourth-order valence-electron chi connectivity index (χ4n) is 4.59. The van der Waals surface area contributed by atoms with Crippen molar-refractivity contribution in [1.82, 2.24) is 9.88 Å². The predicted molar refractivity (Wildman–Crippen MR) is 138 cm³/mol. The van der Waals surface area contributed by atoms with Gasteiger partial charge in [0.05, 0.1) is 5.69 Å². The third-order valence-corrected chi connectivity index (χ3v) is 5.93. The zero-order chi connectivity index (χ0) is 23.1. The number of hydrogen-bond acceptors (Lipinski definition) is 4. The normalized spacial score (nSPS) is 10.1. The Kier molecular flexibility index (Phi) is 15.6. The van der Waals surface area contributed by atoms with Crippen molar-refractivity contribution in [2.24, 2.45) is 0 Å². The van der Waals surface area contributed by atoms with Crippen LogP contribution in [0.25, 0.3) is 0 Å². The fourth-order valence-corrected chi connectivity index (χ4v) is 4.59. The molecule has 0 aliphatic heterocycles. The van der Waals surface area contributed by atoms with Gasteiger partial charge in [0.15, 0.2) is 0 Å². The van der Waals surface area contributed by atoms with Crippen molar-refractivity contribution in [3.8, 4) is 0 Å². The van der Waals surface area contributed by atoms with Crippen LogP contribution in [0.2, 0.25) is 0 Å². The van der Waals surface area contributed by atoms with Gasteiger partial charge in [0.2, 0.25) is 0 Å². The standard InChI is InChI=1S/C28H38N4.Au.2ClH/c1-20-15-22(3)27(23(4)16-20)30-11-13-32(19-26-9-7-8-10-29-26)14-12-31-28-24(5)17-21(2)18-25(28)6;;;/h7-10,15-18,30-31H,11-14,19H2,1-6H3;;2*1H/q;+2;;/p-2. The largest absolute Gasteiger partial charge is 2.00 e. The van der Waals surface area contributed by atoms with Crippen molar-refractivity contribution < 1.29 is 47.2 Å². The maximum absolute atomic E-state index is 4.54. The quantitative estimate of drug-likeness (QED) is 0.292. The van der Waals surface area contributed by atoms with Gasteiger partial charge >= 0.3 is 22.4 Å². The van der Waals surface area contributed by atoms with E-state index < -0.39 is 0 Å². The number of nitrogens with one attached hydrogen (secondary N) is 2. The van der Waals surface area contributed by atoms with Gasteiger partial charge in [-0.25, -0.2) is 0 Å². The van der Waals surface area contributed by atoms with Crippen molar-refractivity contribution >= 4 is 11.4 Å². The van der Waals surface area contributed by atoms with Gasteiger partial charge in [0.1, 0.15) is 0 Å². The number of halogens is 2. The molecule has 0 spiro atoms. The summed E-state index contributed by atoms with van der Waals surface area (Å²) in [5, 5.41) is 7.35. The van der Waals surface area contributed by atoms with Crippen LogP contribution in [0.1, 0.15) is 39.1 Å². The second-order valence-corrected chi connectivity index (χ2v) is 9.00. The molecular formula is C28H38AuCl2N4. The third-order valence-electron chi connectivity index (χ3n) is 5.93. The summed E-state index contributed by atoms with van der Waals surface area (Å²) in [6, 6.07) is 15.1. The maximum Gasteiger partial charge on any atom is 2.00 e. The molecular weight excluding hydrogens is 660 g/mol. The van der Waals surface area contributed by atoms with E-state index in [1.54, 1.807) is 0 Å². The Morgan fingerprint density at radius 1 is 0.686 bits per heavy atom. The van der Waals surface area contributed by atoms with Gasteiger partial charge in [0, 0.05) is 50.3 Å². The van der Waals surface area contributed by atoms with E-state index in [4.69, 9.17) is 0 Å². The van der Waals surface area contributed by atoms with Crippen molar-refractivity contribution in [1.29, 1.82) is 0 Å². The second kappa shape index (κ2) is 16.3. The van der Waals surface area contributed by atoms with Crippen LogP contribution in [0.3, 0.4) is 0 Å². The summed E-state index contributed by atoms with van der Waals surface area (Å²) in [6.45, 7) is 17.6. The Hall–Kier alpha value is -1.53. The summed E-state index contributed by atoms with van der Waals surface area (Å²) in [4.78, 5) is 7.02. The molecule has 1 heterocycles. The molecule has 0 saturated heterocycles. The zero-order valence-electron chi connectivity index (χ0n) is 21.6. The number of benzene rings is 2. The summed E-state index contributed by atoms with van der Waals surface area (Å²) in [7, 11) is 0. The Bertz CT molecular complexity index is 935. The van der Waals surface area contributed by atoms with Gasteiger partial charge in [-0.05, 0) is 75.9 Å². The summed E-state index contributed by atoms with van der Waals surface area (Å²) in [6.07, 6.45) is 1.88. The minimum atomic E-state index is 0. The first-order chi connectivity index (χ1) is 15.3. The van der Waals surface area contributed by atoms with Gasteiger partial charge in [-0.1, -0.05) is 41.5 Å². The molecule has 1 radical (unpaired) electrons. The van der Waals surface area contributed by atoms with Crippen molar-refractivity contribution in [2.75, 3.05) is 36.8 Å². The second-order valence-electron chi connectivity index (χ2n) is 9.00. The van der Waals surface area contributed by atoms with Gasteiger partial charge in [-0.2, -0.15) is 0 Å². The van der Waals surface area contributed by atoms with Crippen molar-refractivity contribution in [2.45, 2.75) is 48.1 Å². The number of aromatic nitrogens is 1. The number of hydrogen-bond donors (Lipinski definition) is 2. The Labute approximate surface area is 240 Å². The van der Waals surface area contributed by atoms with Crippen LogP contribution < -0.4 is 35.4 Å². The number of anilines is 2. The smallest absolute Gasteiger partial charge is 1.00 e. The zero-order valence-corrected chi connectivity index (χ0v) is 25.3. The molecule has 35 heavy (non-hydrogen) atoms. The number of nitrogens with zero attached hydrogens (tertiary/aromatic N) is 2. The van der Waals surface area contributed by atoms with E-state index in [1.807, 2.05) is 12.3 Å². The fraction of sp³-hybridized carbons (Fsp3) is 0.393. The van der Waals surface area contributed by atoms with Crippen LogP contribution in [-0.4, -0.2) is 36.1 Å². The average Bonchev–Trinajstić information content (AvgIpc) is 2.72. The topological polar surface area (TPSA) is 40.2 Å². The first kappa shape index (κ1) is 33.5. The van der Waals surface area contributed by atoms with Crippen LogP contribution in [0.4, 0.5) is 11.4 Å². The molecule has 0 amide bonds. The SMILES string of the molecule is Cc1cc(C)c(NCCN(CCNc2c(C)cc(C)cc2C)Cc2ccccn2)c(C)c1.[Au+2].[Cl-].[Cl-]. The maximum atomic E-state index is 4.54. The van der Waals surface area contributed by atoms with Crippen LogP contribution in [0, 0.1) is 41.5 Å². The van der Waals surface area contributed by atoms with Crippen LogP contribution in [0.5, 0.6) is 0 Å². The summed E-state index contributed by atoms with van der Waals surface area (Å²) in [5.41, 5.74) is 11.5. The molecule has 3 rings (SSSR count). The number of rotatable bonds is 10. The Morgan fingerprint density at radius 2 is 1.11 bits per heavy atom. The number of aryl methyl sites for hydroxylation is 6. The molecule has 0 bridgehead atoms. The Balaban J connectivity index is 0.00000385. The van der Waals surface area contributed by atoms with E-state index in [2.05, 4.69) is 98.5 Å². The first-order valence-electron chi connectivity index (χ1n) is 11.6. The summed E-state index contributed by atoms with van der Waals surface area (Å²) in [5.74, 6) is 0. The molecule has 7 heteroatoms. The summed E-state index contributed by atoms with van der Waals surface area (Å²) < 4.78 is 0. The van der Waals surface area contributed by atoms with Gasteiger partial charge in [-0.3, -0.25) is 9.88 Å². The van der Waals surface area contributed by atoms with Crippen LogP contribution in [-0.2, 0) is 28.9 Å². The first-order valence-corrected chi connectivity index (χ1v) is 11.6. The van der Waals surface area contributed by atoms with E-state index in [0.29, 0.717) is 0 Å². The summed E-state index contributed by atoms with van der Waals surface area (Å²) >= 11 is 0. The van der Waals surface area contributed by atoms with Crippen molar-refractivity contribution in [3.63, 3.8) is 0 Å². The average molecular weight is 699 g/mol. The molecule has 1 aromatic heterocycles. The monoisotopic (exact) mass is 697 g/mol. The molecule has 0 fully saturated rings. The minimum Gasteiger partial charge on any atom is -1.00 e. The van der Waals surface area contributed by atoms with Gasteiger partial charge in [0.25, 0.3) is 0 Å².